The Hall–Kier alpha value is -1.04. The van der Waals surface area contributed by atoms with Gasteiger partial charge in [-0.2, -0.15) is 0 Å². The molecule has 0 heterocycles. The van der Waals surface area contributed by atoms with Crippen LogP contribution in [0, 0.1) is 0 Å². The molecule has 0 heteroatoms. The van der Waals surface area contributed by atoms with E-state index < -0.39 is 0 Å². The van der Waals surface area contributed by atoms with Crippen LogP contribution in [-0.4, -0.2) is 0 Å². The van der Waals surface area contributed by atoms with Gasteiger partial charge in [0.15, 0.2) is 0 Å². The van der Waals surface area contributed by atoms with E-state index in [2.05, 4.69) is 36.5 Å². The van der Waals surface area contributed by atoms with Crippen LogP contribution >= 0.6 is 0 Å². The highest BCUT2D eigenvalue weighted by Gasteiger charge is 2.06. The summed E-state index contributed by atoms with van der Waals surface area (Å²) in [6.07, 6.45) is 16.8. The molecule has 0 bridgehead atoms. The molecule has 2 aliphatic carbocycles. The van der Waals surface area contributed by atoms with Gasteiger partial charge in [-0.15, -0.1) is 0 Å². The quantitative estimate of drug-likeness (QED) is 0.458. The molecule has 0 nitrogen and oxygen atoms in total. The average Bonchev–Trinajstić information content (AvgIpc) is 2.28. The normalized spacial score (nSPS) is 21.8. The zero-order valence-corrected chi connectivity index (χ0v) is 6.59. The molecule has 0 radical (unpaired) electrons. The third kappa shape index (κ3) is 1.35. The van der Waals surface area contributed by atoms with Crippen LogP contribution in [-0.2, 0) is 0 Å². The highest BCUT2D eigenvalue weighted by Crippen LogP contribution is 2.25. The van der Waals surface area contributed by atoms with Crippen molar-refractivity contribution in [1.29, 1.82) is 0 Å². The standard InChI is InChI=1S/C11H12/c1-2-6-10-8-4-5-9-11(10)7-3-1/h1-2,4-7H,3,8-9H2. The molecule has 0 aliphatic heterocycles. The Balaban J connectivity index is 2.34. The van der Waals surface area contributed by atoms with Gasteiger partial charge in [0.1, 0.15) is 0 Å². The van der Waals surface area contributed by atoms with Crippen LogP contribution in [0.4, 0.5) is 0 Å². The predicted octanol–water partition coefficient (Wildman–Crippen LogP) is 3.15. The van der Waals surface area contributed by atoms with E-state index in [0.29, 0.717) is 0 Å². The van der Waals surface area contributed by atoms with Gasteiger partial charge in [0.05, 0.1) is 0 Å². The van der Waals surface area contributed by atoms with Gasteiger partial charge in [0.2, 0.25) is 0 Å². The Morgan fingerprint density at radius 2 is 1.73 bits per heavy atom. The molecule has 0 amide bonds. The highest BCUT2D eigenvalue weighted by atomic mass is 14.1. The number of allylic oxidation sites excluding steroid dienone is 8. The average molecular weight is 144 g/mol. The molecule has 11 heavy (non-hydrogen) atoms. The summed E-state index contributed by atoms with van der Waals surface area (Å²) < 4.78 is 0. The Morgan fingerprint density at radius 3 is 2.64 bits per heavy atom. The molecule has 0 saturated heterocycles. The van der Waals surface area contributed by atoms with Crippen LogP contribution in [0.25, 0.3) is 0 Å². The molecule has 0 fully saturated rings. The van der Waals surface area contributed by atoms with Gasteiger partial charge in [0.25, 0.3) is 0 Å². The smallest absolute Gasteiger partial charge is 0.00946 e. The predicted molar refractivity (Wildman–Crippen MR) is 48.3 cm³/mol. The largest absolute Gasteiger partial charge is 0.0838 e. The van der Waals surface area contributed by atoms with E-state index in [1.165, 1.54) is 11.1 Å². The van der Waals surface area contributed by atoms with E-state index in [4.69, 9.17) is 0 Å². The minimum atomic E-state index is 1.10. The van der Waals surface area contributed by atoms with Crippen LogP contribution in [0.3, 0.4) is 0 Å². The molecular formula is C11H12. The van der Waals surface area contributed by atoms with Crippen molar-refractivity contribution < 1.29 is 0 Å². The summed E-state index contributed by atoms with van der Waals surface area (Å²) in [6, 6.07) is 0. The van der Waals surface area contributed by atoms with Crippen LogP contribution in [0.1, 0.15) is 19.3 Å². The highest BCUT2D eigenvalue weighted by molar-refractivity contribution is 5.41. The lowest BCUT2D eigenvalue weighted by Gasteiger charge is -2.11. The molecule has 0 aromatic rings. The maximum Gasteiger partial charge on any atom is -0.00946 e. The zero-order chi connectivity index (χ0) is 7.52. The van der Waals surface area contributed by atoms with E-state index in [-0.39, 0.29) is 0 Å². The second-order valence-corrected chi connectivity index (χ2v) is 2.96. The minimum Gasteiger partial charge on any atom is -0.0838 e. The van der Waals surface area contributed by atoms with E-state index in [9.17, 15) is 0 Å². The monoisotopic (exact) mass is 144 g/mol. The van der Waals surface area contributed by atoms with Gasteiger partial charge in [-0.1, -0.05) is 36.5 Å². The SMILES string of the molecule is C1=CCC=C2CC=CCC2=C1. The van der Waals surface area contributed by atoms with Crippen molar-refractivity contribution in [1.82, 2.24) is 0 Å². The Bertz CT molecular complexity index is 262. The fourth-order valence-electron chi connectivity index (χ4n) is 1.55. The summed E-state index contributed by atoms with van der Waals surface area (Å²) in [6.45, 7) is 0. The van der Waals surface area contributed by atoms with E-state index in [1.807, 2.05) is 0 Å². The van der Waals surface area contributed by atoms with Gasteiger partial charge in [-0.05, 0) is 30.4 Å². The first-order chi connectivity index (χ1) is 5.47. The molecular weight excluding hydrogens is 132 g/mol. The van der Waals surface area contributed by atoms with Crippen molar-refractivity contribution in [2.45, 2.75) is 19.3 Å². The van der Waals surface area contributed by atoms with E-state index in [1.54, 1.807) is 0 Å². The molecule has 2 aliphatic rings. The second-order valence-electron chi connectivity index (χ2n) is 2.96. The molecule has 0 aromatic carbocycles. The van der Waals surface area contributed by atoms with Crippen molar-refractivity contribution in [3.05, 3.63) is 47.6 Å². The molecule has 0 spiro atoms. The van der Waals surface area contributed by atoms with Crippen molar-refractivity contribution in [2.75, 3.05) is 0 Å². The first-order valence-electron chi connectivity index (χ1n) is 4.17. The lowest BCUT2D eigenvalue weighted by Crippen LogP contribution is -1.91. The van der Waals surface area contributed by atoms with Crippen molar-refractivity contribution in [3.63, 3.8) is 0 Å². The van der Waals surface area contributed by atoms with Gasteiger partial charge in [0, 0.05) is 0 Å². The fourth-order valence-corrected chi connectivity index (χ4v) is 1.55. The van der Waals surface area contributed by atoms with Gasteiger partial charge < -0.3 is 0 Å². The van der Waals surface area contributed by atoms with Crippen molar-refractivity contribution in [3.8, 4) is 0 Å². The van der Waals surface area contributed by atoms with E-state index in [0.717, 1.165) is 19.3 Å². The first kappa shape index (κ1) is 6.66. The second kappa shape index (κ2) is 2.91. The Morgan fingerprint density at radius 1 is 0.909 bits per heavy atom. The number of fused-ring (bicyclic) bond motifs is 1. The summed E-state index contributed by atoms with van der Waals surface area (Å²) in [4.78, 5) is 0. The molecule has 0 saturated carbocycles. The molecule has 2 rings (SSSR count). The van der Waals surface area contributed by atoms with Crippen LogP contribution in [0.5, 0.6) is 0 Å². The maximum atomic E-state index is 2.33. The molecule has 0 atom stereocenters. The maximum absolute atomic E-state index is 2.33. The van der Waals surface area contributed by atoms with Crippen LogP contribution in [0.2, 0.25) is 0 Å². The van der Waals surface area contributed by atoms with Crippen molar-refractivity contribution >= 4 is 0 Å². The van der Waals surface area contributed by atoms with Gasteiger partial charge >= 0.3 is 0 Å². The summed E-state index contributed by atoms with van der Waals surface area (Å²) in [5, 5.41) is 0. The number of rotatable bonds is 0. The Kier molecular flexibility index (Phi) is 1.76. The molecule has 0 aromatic heterocycles. The lowest BCUT2D eigenvalue weighted by molar-refractivity contribution is 1.07. The third-order valence-electron chi connectivity index (χ3n) is 2.19. The number of hydrogen-bond acceptors (Lipinski definition) is 0. The first-order valence-corrected chi connectivity index (χ1v) is 4.17. The van der Waals surface area contributed by atoms with E-state index >= 15 is 0 Å². The third-order valence-corrected chi connectivity index (χ3v) is 2.19. The zero-order valence-electron chi connectivity index (χ0n) is 6.59. The molecule has 0 unspecified atom stereocenters. The topological polar surface area (TPSA) is 0 Å². The molecule has 0 N–H and O–H groups in total. The Labute approximate surface area is 67.6 Å². The summed E-state index contributed by atoms with van der Waals surface area (Å²) >= 11 is 0. The minimum absolute atomic E-state index is 1.10. The molecule has 56 valence electrons. The fraction of sp³-hybridized carbons (Fsp3) is 0.273. The van der Waals surface area contributed by atoms with Crippen LogP contribution < -0.4 is 0 Å². The van der Waals surface area contributed by atoms with Crippen molar-refractivity contribution in [2.24, 2.45) is 0 Å². The summed E-state index contributed by atoms with van der Waals surface area (Å²) in [7, 11) is 0. The lowest BCUT2D eigenvalue weighted by atomic mass is 9.94. The van der Waals surface area contributed by atoms with Crippen LogP contribution in [0.15, 0.2) is 47.6 Å². The van der Waals surface area contributed by atoms with Gasteiger partial charge in [-0.25, -0.2) is 0 Å². The van der Waals surface area contributed by atoms with Gasteiger partial charge in [-0.3, -0.25) is 0 Å². The number of hydrogen-bond donors (Lipinski definition) is 0. The summed E-state index contributed by atoms with van der Waals surface area (Å²) in [5.74, 6) is 0. The summed E-state index contributed by atoms with van der Waals surface area (Å²) in [5.41, 5.74) is 3.03.